The van der Waals surface area contributed by atoms with E-state index < -0.39 is 0 Å². The van der Waals surface area contributed by atoms with Crippen molar-refractivity contribution in [2.75, 3.05) is 11.9 Å². The molecule has 1 saturated carbocycles. The number of nitrogens with one attached hydrogen (secondary N) is 2. The quantitative estimate of drug-likeness (QED) is 0.390. The van der Waals surface area contributed by atoms with Crippen LogP contribution in [0.25, 0.3) is 0 Å². The molecular weight excluding hydrogens is 403 g/mol. The molecule has 0 unspecified atom stereocenters. The smallest absolute Gasteiger partial charge is 0.242 e. The molecule has 1 fully saturated rings. The van der Waals surface area contributed by atoms with Gasteiger partial charge in [0.1, 0.15) is 6.54 Å². The van der Waals surface area contributed by atoms with E-state index in [1.807, 2.05) is 25.1 Å². The fourth-order valence-electron chi connectivity index (χ4n) is 2.68. The van der Waals surface area contributed by atoms with Gasteiger partial charge < -0.3 is 16.4 Å². The van der Waals surface area contributed by atoms with Gasteiger partial charge in [0.15, 0.2) is 5.96 Å². The van der Waals surface area contributed by atoms with Crippen molar-refractivity contribution in [2.24, 2.45) is 10.7 Å². The van der Waals surface area contributed by atoms with Crippen molar-refractivity contribution in [3.05, 3.63) is 29.3 Å². The number of nitrogens with zero attached hydrogens (tertiary/aromatic N) is 1. The number of nitrogens with two attached hydrogens (primary N) is 1. The molecule has 1 amide bonds. The van der Waals surface area contributed by atoms with Crippen LogP contribution in [0, 0.1) is 13.8 Å². The van der Waals surface area contributed by atoms with Crippen molar-refractivity contribution >= 4 is 41.5 Å². The molecule has 4 N–H and O–H groups in total. The summed E-state index contributed by atoms with van der Waals surface area (Å²) >= 11 is 0. The van der Waals surface area contributed by atoms with Gasteiger partial charge in [-0.2, -0.15) is 0 Å². The number of aryl methyl sites for hydroxylation is 2. The molecule has 5 nitrogen and oxygen atoms in total. The maximum atomic E-state index is 11.9. The first kappa shape index (κ1) is 19.7. The summed E-state index contributed by atoms with van der Waals surface area (Å²) in [6, 6.07) is 6.30. The average Bonchev–Trinajstić information content (AvgIpc) is 2.50. The summed E-state index contributed by atoms with van der Waals surface area (Å²) in [6.45, 7) is 4.18. The van der Waals surface area contributed by atoms with Crippen molar-refractivity contribution in [2.45, 2.75) is 52.0 Å². The first-order valence-electron chi connectivity index (χ1n) is 7.98. The lowest BCUT2D eigenvalue weighted by molar-refractivity contribution is -0.120. The number of hydrogen-bond acceptors (Lipinski definition) is 2. The Labute approximate surface area is 155 Å². The number of rotatable bonds is 4. The lowest BCUT2D eigenvalue weighted by atomic mass is 9.95. The number of anilines is 1. The van der Waals surface area contributed by atoms with Crippen LogP contribution < -0.4 is 16.4 Å². The van der Waals surface area contributed by atoms with Gasteiger partial charge in [0, 0.05) is 11.7 Å². The molecule has 6 heteroatoms. The van der Waals surface area contributed by atoms with Crippen LogP contribution >= 0.6 is 24.0 Å². The summed E-state index contributed by atoms with van der Waals surface area (Å²) in [4.78, 5) is 16.0. The Hall–Kier alpha value is -1.31. The van der Waals surface area contributed by atoms with Crippen molar-refractivity contribution < 1.29 is 4.79 Å². The van der Waals surface area contributed by atoms with E-state index in [0.29, 0.717) is 6.04 Å². The number of amides is 1. The molecule has 23 heavy (non-hydrogen) atoms. The Morgan fingerprint density at radius 1 is 1.22 bits per heavy atom. The number of carbonyl (C=O) groups excluding carboxylic acids is 1. The van der Waals surface area contributed by atoms with Crippen LogP contribution in [0.1, 0.15) is 43.2 Å². The van der Waals surface area contributed by atoms with Crippen LogP contribution in [0.5, 0.6) is 0 Å². The molecule has 1 aliphatic carbocycles. The fourth-order valence-corrected chi connectivity index (χ4v) is 2.68. The van der Waals surface area contributed by atoms with Gasteiger partial charge in [0.2, 0.25) is 5.91 Å². The van der Waals surface area contributed by atoms with Gasteiger partial charge in [0.25, 0.3) is 0 Å². The van der Waals surface area contributed by atoms with Crippen LogP contribution in [0.15, 0.2) is 23.2 Å². The molecule has 0 saturated heterocycles. The molecule has 1 aromatic carbocycles. The highest BCUT2D eigenvalue weighted by Gasteiger charge is 2.15. The molecule has 1 aromatic rings. The summed E-state index contributed by atoms with van der Waals surface area (Å²) in [6.07, 6.45) is 5.82. The Kier molecular flexibility index (Phi) is 8.36. The van der Waals surface area contributed by atoms with Crippen molar-refractivity contribution in [1.82, 2.24) is 5.32 Å². The molecule has 0 bridgehead atoms. The summed E-state index contributed by atoms with van der Waals surface area (Å²) in [5.74, 6) is 0.207. The zero-order chi connectivity index (χ0) is 15.9. The molecule has 2 rings (SSSR count). The van der Waals surface area contributed by atoms with Crippen molar-refractivity contribution in [3.63, 3.8) is 0 Å². The highest BCUT2D eigenvalue weighted by atomic mass is 127. The van der Waals surface area contributed by atoms with E-state index in [2.05, 4.69) is 22.5 Å². The second-order valence-electron chi connectivity index (χ2n) is 6.03. The Morgan fingerprint density at radius 3 is 2.57 bits per heavy atom. The minimum Gasteiger partial charge on any atom is -0.370 e. The first-order valence-corrected chi connectivity index (χ1v) is 7.98. The molecule has 0 aromatic heterocycles. The number of guanidine groups is 1. The van der Waals surface area contributed by atoms with E-state index in [4.69, 9.17) is 5.73 Å². The minimum absolute atomic E-state index is 0. The monoisotopic (exact) mass is 430 g/mol. The van der Waals surface area contributed by atoms with Gasteiger partial charge >= 0.3 is 0 Å². The molecule has 128 valence electrons. The van der Waals surface area contributed by atoms with E-state index in [0.717, 1.165) is 18.5 Å². The van der Waals surface area contributed by atoms with E-state index in [1.54, 1.807) is 0 Å². The highest BCUT2D eigenvalue weighted by Crippen LogP contribution is 2.17. The molecule has 0 aliphatic heterocycles. The van der Waals surface area contributed by atoms with Crippen molar-refractivity contribution in [3.8, 4) is 0 Å². The molecule has 0 atom stereocenters. The molecule has 0 spiro atoms. The van der Waals surface area contributed by atoms with Crippen LogP contribution in [-0.4, -0.2) is 24.5 Å². The second kappa shape index (κ2) is 9.75. The Morgan fingerprint density at radius 2 is 1.91 bits per heavy atom. The molecule has 1 aliphatic rings. The summed E-state index contributed by atoms with van der Waals surface area (Å²) < 4.78 is 0. The van der Waals surface area contributed by atoms with Crippen LogP contribution in [0.2, 0.25) is 0 Å². The second-order valence-corrected chi connectivity index (χ2v) is 6.03. The maximum absolute atomic E-state index is 11.9. The van der Waals surface area contributed by atoms with Crippen LogP contribution in [-0.2, 0) is 4.79 Å². The van der Waals surface area contributed by atoms with E-state index in [-0.39, 0.29) is 42.4 Å². The molecule has 0 radical (unpaired) electrons. The summed E-state index contributed by atoms with van der Waals surface area (Å²) in [5.41, 5.74) is 9.14. The number of benzene rings is 1. The number of aliphatic imine (C=N–C) groups is 1. The SMILES string of the molecule is Cc1ccc(NC(N)=NCC(=O)NC2CCCCC2)cc1C.I. The van der Waals surface area contributed by atoms with Gasteiger partial charge in [-0.15, -0.1) is 24.0 Å². The highest BCUT2D eigenvalue weighted by molar-refractivity contribution is 14.0. The zero-order valence-corrected chi connectivity index (χ0v) is 16.2. The van der Waals surface area contributed by atoms with Gasteiger partial charge in [-0.25, -0.2) is 4.99 Å². The zero-order valence-electron chi connectivity index (χ0n) is 13.9. The van der Waals surface area contributed by atoms with E-state index in [9.17, 15) is 4.79 Å². The third-order valence-corrected chi connectivity index (χ3v) is 4.14. The van der Waals surface area contributed by atoms with Gasteiger partial charge in [-0.05, 0) is 49.9 Å². The lowest BCUT2D eigenvalue weighted by Gasteiger charge is -2.22. The van der Waals surface area contributed by atoms with Gasteiger partial charge in [0.05, 0.1) is 0 Å². The third-order valence-electron chi connectivity index (χ3n) is 4.14. The normalized spacial score (nSPS) is 15.7. The fraction of sp³-hybridized carbons (Fsp3) is 0.529. The lowest BCUT2D eigenvalue weighted by Crippen LogP contribution is -2.38. The first-order chi connectivity index (χ1) is 10.5. The largest absolute Gasteiger partial charge is 0.370 e. The molecule has 0 heterocycles. The topological polar surface area (TPSA) is 79.5 Å². The van der Waals surface area contributed by atoms with Gasteiger partial charge in [-0.1, -0.05) is 25.3 Å². The van der Waals surface area contributed by atoms with E-state index in [1.165, 1.54) is 30.4 Å². The summed E-state index contributed by atoms with van der Waals surface area (Å²) in [7, 11) is 0. The number of carbonyl (C=O) groups is 1. The Bertz CT molecular complexity index is 554. The summed E-state index contributed by atoms with van der Waals surface area (Å²) in [5, 5.41) is 6.04. The van der Waals surface area contributed by atoms with Gasteiger partial charge in [-0.3, -0.25) is 4.79 Å². The Balaban J connectivity index is 0.00000264. The standard InChI is InChI=1S/C17H26N4O.HI/c1-12-8-9-15(10-13(12)2)21-17(18)19-11-16(22)20-14-6-4-3-5-7-14;/h8-10,14H,3-7,11H2,1-2H3,(H,20,22)(H3,18,19,21);1H. The third kappa shape index (κ3) is 6.76. The van der Waals surface area contributed by atoms with Crippen LogP contribution in [0.3, 0.4) is 0 Å². The molecular formula is C17H27IN4O. The number of halogens is 1. The van der Waals surface area contributed by atoms with Crippen molar-refractivity contribution in [1.29, 1.82) is 0 Å². The predicted molar refractivity (Wildman–Crippen MR) is 106 cm³/mol. The predicted octanol–water partition coefficient (Wildman–Crippen LogP) is 3.10. The maximum Gasteiger partial charge on any atom is 0.242 e. The average molecular weight is 430 g/mol. The van der Waals surface area contributed by atoms with E-state index >= 15 is 0 Å². The number of hydrogen-bond donors (Lipinski definition) is 3. The minimum atomic E-state index is -0.0586. The van der Waals surface area contributed by atoms with Crippen LogP contribution in [0.4, 0.5) is 5.69 Å².